The summed E-state index contributed by atoms with van der Waals surface area (Å²) >= 11 is 1.41. The molecular weight excluding hydrogens is 396 g/mol. The van der Waals surface area contributed by atoms with Gasteiger partial charge in [-0.3, -0.25) is 9.59 Å². The van der Waals surface area contributed by atoms with E-state index in [9.17, 15) is 9.59 Å². The summed E-state index contributed by atoms with van der Waals surface area (Å²) in [6, 6.07) is 15.0. The number of methoxy groups -OCH3 is 1. The Kier molecular flexibility index (Phi) is 8.63. The van der Waals surface area contributed by atoms with Gasteiger partial charge in [-0.25, -0.2) is 0 Å². The van der Waals surface area contributed by atoms with Gasteiger partial charge in [0.05, 0.1) is 18.4 Å². The number of amides is 2. The Hall–Kier alpha value is -2.47. The number of hydrogen-bond acceptors (Lipinski definition) is 4. The molecule has 160 valence electrons. The molecule has 2 amide bonds. The van der Waals surface area contributed by atoms with Gasteiger partial charge in [-0.15, -0.1) is 11.8 Å². The largest absolute Gasteiger partial charge is 0.497 e. The average molecular weight is 427 g/mol. The predicted molar refractivity (Wildman–Crippen MR) is 121 cm³/mol. The predicted octanol–water partition coefficient (Wildman–Crippen LogP) is 4.41. The third-order valence-electron chi connectivity index (χ3n) is 5.42. The summed E-state index contributed by atoms with van der Waals surface area (Å²) in [5.41, 5.74) is 1.59. The van der Waals surface area contributed by atoms with Gasteiger partial charge in [0.25, 0.3) is 5.91 Å². The van der Waals surface area contributed by atoms with Gasteiger partial charge < -0.3 is 15.4 Å². The van der Waals surface area contributed by atoms with Crippen molar-refractivity contribution < 1.29 is 14.3 Å². The zero-order valence-corrected chi connectivity index (χ0v) is 18.3. The van der Waals surface area contributed by atoms with Crippen LogP contribution in [0, 0.1) is 5.92 Å². The Morgan fingerprint density at radius 2 is 1.73 bits per heavy atom. The van der Waals surface area contributed by atoms with Crippen LogP contribution in [0.25, 0.3) is 0 Å². The molecule has 5 nitrogen and oxygen atoms in total. The number of rotatable bonds is 9. The van der Waals surface area contributed by atoms with Crippen molar-refractivity contribution in [3.63, 3.8) is 0 Å². The van der Waals surface area contributed by atoms with Crippen LogP contribution >= 0.6 is 11.8 Å². The van der Waals surface area contributed by atoms with E-state index in [0.717, 1.165) is 22.8 Å². The van der Waals surface area contributed by atoms with Crippen molar-refractivity contribution in [3.05, 3.63) is 59.7 Å². The normalized spacial score (nSPS) is 14.2. The molecule has 3 rings (SSSR count). The molecule has 0 radical (unpaired) electrons. The zero-order chi connectivity index (χ0) is 21.2. The van der Waals surface area contributed by atoms with Gasteiger partial charge in [0.2, 0.25) is 5.91 Å². The van der Waals surface area contributed by atoms with E-state index in [1.165, 1.54) is 43.9 Å². The van der Waals surface area contributed by atoms with E-state index in [2.05, 4.69) is 10.6 Å². The first-order valence-electron chi connectivity index (χ1n) is 10.6. The van der Waals surface area contributed by atoms with Crippen LogP contribution in [0.2, 0.25) is 0 Å². The van der Waals surface area contributed by atoms with Gasteiger partial charge in [-0.1, -0.05) is 43.5 Å². The Bertz CT molecular complexity index is 833. The molecule has 0 aromatic heterocycles. The Labute approximate surface area is 183 Å². The standard InChI is InChI=1S/C24H30N2O3S/c1-29-20-13-11-19(12-14-20)16-26-24(28)21-9-5-6-10-22(21)30-17-23(27)25-15-18-7-3-2-4-8-18/h5-6,9-14,18H,2-4,7-8,15-17H2,1H3,(H,25,27)(H,26,28). The molecule has 6 heteroatoms. The monoisotopic (exact) mass is 426 g/mol. The lowest BCUT2D eigenvalue weighted by molar-refractivity contribution is -0.118. The second-order valence-electron chi connectivity index (χ2n) is 7.62. The van der Waals surface area contributed by atoms with E-state index < -0.39 is 0 Å². The molecule has 1 saturated carbocycles. The minimum absolute atomic E-state index is 0.0269. The average Bonchev–Trinajstić information content (AvgIpc) is 2.81. The van der Waals surface area contributed by atoms with Gasteiger partial charge >= 0.3 is 0 Å². The molecule has 0 spiro atoms. The number of ether oxygens (including phenoxy) is 1. The number of nitrogens with one attached hydrogen (secondary N) is 2. The molecule has 1 aliphatic carbocycles. The molecule has 0 bridgehead atoms. The molecule has 2 aromatic carbocycles. The Morgan fingerprint density at radius 1 is 1.00 bits per heavy atom. The molecule has 1 fully saturated rings. The summed E-state index contributed by atoms with van der Waals surface area (Å²) in [4.78, 5) is 25.8. The number of carbonyl (C=O) groups is 2. The topological polar surface area (TPSA) is 67.4 Å². The Morgan fingerprint density at radius 3 is 2.47 bits per heavy atom. The van der Waals surface area contributed by atoms with E-state index >= 15 is 0 Å². The van der Waals surface area contributed by atoms with Crippen LogP contribution in [0.1, 0.15) is 48.0 Å². The van der Waals surface area contributed by atoms with Crippen molar-refractivity contribution in [2.24, 2.45) is 5.92 Å². The summed E-state index contributed by atoms with van der Waals surface area (Å²) in [6.07, 6.45) is 6.29. The molecule has 2 N–H and O–H groups in total. The molecule has 30 heavy (non-hydrogen) atoms. The van der Waals surface area contributed by atoms with E-state index in [1.807, 2.05) is 42.5 Å². The minimum Gasteiger partial charge on any atom is -0.497 e. The smallest absolute Gasteiger partial charge is 0.252 e. The second-order valence-corrected chi connectivity index (χ2v) is 8.64. The second kappa shape index (κ2) is 11.6. The van der Waals surface area contributed by atoms with Crippen LogP contribution in [-0.2, 0) is 11.3 Å². The maximum atomic E-state index is 12.7. The van der Waals surface area contributed by atoms with Crippen molar-refractivity contribution in [3.8, 4) is 5.75 Å². The van der Waals surface area contributed by atoms with E-state index in [-0.39, 0.29) is 11.8 Å². The maximum absolute atomic E-state index is 12.7. The lowest BCUT2D eigenvalue weighted by Crippen LogP contribution is -2.31. The van der Waals surface area contributed by atoms with Gasteiger partial charge in [-0.05, 0) is 48.6 Å². The summed E-state index contributed by atoms with van der Waals surface area (Å²) in [7, 11) is 1.63. The van der Waals surface area contributed by atoms with Crippen molar-refractivity contribution >= 4 is 23.6 Å². The van der Waals surface area contributed by atoms with Gasteiger partial charge in [0, 0.05) is 18.0 Å². The van der Waals surface area contributed by atoms with Gasteiger partial charge in [0.1, 0.15) is 5.75 Å². The number of hydrogen-bond donors (Lipinski definition) is 2. The first-order valence-corrected chi connectivity index (χ1v) is 11.5. The highest BCUT2D eigenvalue weighted by Gasteiger charge is 2.16. The fraction of sp³-hybridized carbons (Fsp3) is 0.417. The highest BCUT2D eigenvalue weighted by molar-refractivity contribution is 8.00. The number of thioether (sulfide) groups is 1. The van der Waals surface area contributed by atoms with Crippen LogP contribution in [0.15, 0.2) is 53.4 Å². The third-order valence-corrected chi connectivity index (χ3v) is 6.49. The first kappa shape index (κ1) is 22.2. The van der Waals surface area contributed by atoms with Crippen LogP contribution < -0.4 is 15.4 Å². The molecular formula is C24H30N2O3S. The van der Waals surface area contributed by atoms with E-state index in [0.29, 0.717) is 23.8 Å². The molecule has 2 aromatic rings. The summed E-state index contributed by atoms with van der Waals surface area (Å²) in [6.45, 7) is 1.20. The fourth-order valence-corrected chi connectivity index (χ4v) is 4.52. The van der Waals surface area contributed by atoms with Crippen molar-refractivity contribution in [1.82, 2.24) is 10.6 Å². The van der Waals surface area contributed by atoms with Gasteiger partial charge in [-0.2, -0.15) is 0 Å². The molecule has 1 aliphatic rings. The lowest BCUT2D eigenvalue weighted by atomic mass is 9.89. The molecule has 0 saturated heterocycles. The highest BCUT2D eigenvalue weighted by atomic mass is 32.2. The molecule has 0 unspecified atom stereocenters. The van der Waals surface area contributed by atoms with Crippen LogP contribution in [0.4, 0.5) is 0 Å². The van der Waals surface area contributed by atoms with Crippen molar-refractivity contribution in [2.75, 3.05) is 19.4 Å². The summed E-state index contributed by atoms with van der Waals surface area (Å²) in [5.74, 6) is 1.60. The summed E-state index contributed by atoms with van der Waals surface area (Å²) < 4.78 is 5.15. The number of benzene rings is 2. The summed E-state index contributed by atoms with van der Waals surface area (Å²) in [5, 5.41) is 6.01. The lowest BCUT2D eigenvalue weighted by Gasteiger charge is -2.21. The van der Waals surface area contributed by atoms with Gasteiger partial charge in [0.15, 0.2) is 0 Å². The Balaban J connectivity index is 1.48. The van der Waals surface area contributed by atoms with E-state index in [4.69, 9.17) is 4.74 Å². The minimum atomic E-state index is -0.142. The van der Waals surface area contributed by atoms with E-state index in [1.54, 1.807) is 13.2 Å². The van der Waals surface area contributed by atoms with Crippen LogP contribution in [-0.4, -0.2) is 31.2 Å². The maximum Gasteiger partial charge on any atom is 0.252 e. The van der Waals surface area contributed by atoms with Crippen LogP contribution in [0.3, 0.4) is 0 Å². The zero-order valence-electron chi connectivity index (χ0n) is 17.5. The van der Waals surface area contributed by atoms with Crippen molar-refractivity contribution in [1.29, 1.82) is 0 Å². The highest BCUT2D eigenvalue weighted by Crippen LogP contribution is 2.24. The number of carbonyl (C=O) groups excluding carboxylic acids is 2. The fourth-order valence-electron chi connectivity index (χ4n) is 3.64. The first-order chi connectivity index (χ1) is 14.7. The molecule has 0 aliphatic heterocycles. The quantitative estimate of drug-likeness (QED) is 0.583. The molecule has 0 heterocycles. The SMILES string of the molecule is COc1ccc(CNC(=O)c2ccccc2SCC(=O)NCC2CCCCC2)cc1. The third kappa shape index (κ3) is 6.80. The molecule has 0 atom stereocenters. The van der Waals surface area contributed by atoms with Crippen LogP contribution in [0.5, 0.6) is 5.75 Å². The van der Waals surface area contributed by atoms with Crippen molar-refractivity contribution in [2.45, 2.75) is 43.5 Å².